The van der Waals surface area contributed by atoms with Crippen LogP contribution in [-0.4, -0.2) is 13.1 Å². The van der Waals surface area contributed by atoms with Gasteiger partial charge in [0.25, 0.3) is 6.47 Å². The van der Waals surface area contributed by atoms with Crippen molar-refractivity contribution in [1.82, 2.24) is 0 Å². The van der Waals surface area contributed by atoms with Crippen LogP contribution >= 0.6 is 0 Å². The highest BCUT2D eigenvalue weighted by Crippen LogP contribution is 2.36. The third kappa shape index (κ3) is 3.93. The Labute approximate surface area is 96.6 Å². The van der Waals surface area contributed by atoms with Crippen molar-refractivity contribution in [2.45, 2.75) is 32.1 Å². The molecule has 1 aromatic carbocycles. The average Bonchev–Trinajstić information content (AvgIpc) is 2.21. The number of hydrogen-bond donors (Lipinski definition) is 1. The molecule has 1 aliphatic rings. The molecule has 3 nitrogen and oxygen atoms in total. The Kier molecular flexibility index (Phi) is 5.40. The third-order valence-corrected chi connectivity index (χ3v) is 2.75. The number of nitrogens with two attached hydrogens (primary N) is 1. The Morgan fingerprint density at radius 2 is 2.00 bits per heavy atom. The van der Waals surface area contributed by atoms with E-state index in [4.69, 9.17) is 5.73 Å². The Balaban J connectivity index is 0.000000221. The van der Waals surface area contributed by atoms with Gasteiger partial charge in [-0.25, -0.2) is 0 Å². The standard InChI is InChI=1S/C10H13N.C3H6O2/c11-10-6-4-9(5-7-10)8-2-1-3-8;1-2-5-3-4/h4-8H,1-3,11H2;3H,2H2,1H3. The highest BCUT2D eigenvalue weighted by atomic mass is 16.5. The van der Waals surface area contributed by atoms with Crippen molar-refractivity contribution in [1.29, 1.82) is 0 Å². The number of carbonyl (C=O) groups excluding carboxylic acids is 1. The fourth-order valence-electron chi connectivity index (χ4n) is 1.58. The summed E-state index contributed by atoms with van der Waals surface area (Å²) in [4.78, 5) is 9.18. The van der Waals surface area contributed by atoms with E-state index in [0.29, 0.717) is 13.1 Å². The fourth-order valence-corrected chi connectivity index (χ4v) is 1.58. The quantitative estimate of drug-likeness (QED) is 0.630. The second-order valence-electron chi connectivity index (χ2n) is 3.85. The molecule has 0 bridgehead atoms. The number of carbonyl (C=O) groups is 1. The first-order valence-corrected chi connectivity index (χ1v) is 5.68. The number of ether oxygens (including phenoxy) is 1. The fraction of sp³-hybridized carbons (Fsp3) is 0.462. The van der Waals surface area contributed by atoms with Gasteiger partial charge in [-0.2, -0.15) is 0 Å². The van der Waals surface area contributed by atoms with E-state index >= 15 is 0 Å². The summed E-state index contributed by atoms with van der Waals surface area (Å²) in [6.07, 6.45) is 4.13. The molecule has 1 saturated carbocycles. The van der Waals surface area contributed by atoms with Crippen LogP contribution in [-0.2, 0) is 9.53 Å². The molecule has 2 N–H and O–H groups in total. The van der Waals surface area contributed by atoms with Crippen LogP contribution in [0.5, 0.6) is 0 Å². The van der Waals surface area contributed by atoms with Gasteiger partial charge in [0.15, 0.2) is 0 Å². The predicted molar refractivity (Wildman–Crippen MR) is 65.1 cm³/mol. The average molecular weight is 221 g/mol. The van der Waals surface area contributed by atoms with Gasteiger partial charge in [0, 0.05) is 5.69 Å². The minimum atomic E-state index is 0.431. The molecular weight excluding hydrogens is 202 g/mol. The Hall–Kier alpha value is -1.51. The van der Waals surface area contributed by atoms with E-state index in [1.807, 2.05) is 12.1 Å². The maximum Gasteiger partial charge on any atom is 0.293 e. The molecule has 2 rings (SSSR count). The maximum atomic E-state index is 9.18. The molecule has 0 amide bonds. The molecule has 88 valence electrons. The van der Waals surface area contributed by atoms with Crippen LogP contribution in [0.1, 0.15) is 37.7 Å². The SMILES string of the molecule is CCOC=O.Nc1ccc(C2CCC2)cc1. The predicted octanol–water partition coefficient (Wildman–Crippen LogP) is 2.72. The van der Waals surface area contributed by atoms with Gasteiger partial charge in [-0.15, -0.1) is 0 Å². The number of benzene rings is 1. The van der Waals surface area contributed by atoms with E-state index in [1.54, 1.807) is 6.92 Å². The number of rotatable bonds is 3. The van der Waals surface area contributed by atoms with Gasteiger partial charge in [0.05, 0.1) is 6.61 Å². The summed E-state index contributed by atoms with van der Waals surface area (Å²) in [6.45, 7) is 2.66. The summed E-state index contributed by atoms with van der Waals surface area (Å²) < 4.78 is 4.15. The molecule has 3 heteroatoms. The van der Waals surface area contributed by atoms with Gasteiger partial charge < -0.3 is 10.5 Å². The van der Waals surface area contributed by atoms with Gasteiger partial charge in [-0.3, -0.25) is 4.79 Å². The lowest BCUT2D eigenvalue weighted by Gasteiger charge is -2.25. The normalized spacial score (nSPS) is 14.3. The highest BCUT2D eigenvalue weighted by molar-refractivity contribution is 5.40. The van der Waals surface area contributed by atoms with Gasteiger partial charge in [0.1, 0.15) is 0 Å². The van der Waals surface area contributed by atoms with Crippen LogP contribution in [0.15, 0.2) is 24.3 Å². The van der Waals surface area contributed by atoms with E-state index in [2.05, 4.69) is 16.9 Å². The zero-order valence-corrected chi connectivity index (χ0v) is 9.69. The summed E-state index contributed by atoms with van der Waals surface area (Å²) in [5.41, 5.74) is 7.92. The number of hydrogen-bond acceptors (Lipinski definition) is 3. The van der Waals surface area contributed by atoms with Crippen molar-refractivity contribution in [2.75, 3.05) is 12.3 Å². The molecule has 0 radical (unpaired) electrons. The van der Waals surface area contributed by atoms with E-state index in [1.165, 1.54) is 24.8 Å². The molecule has 1 aliphatic carbocycles. The van der Waals surface area contributed by atoms with Crippen LogP contribution < -0.4 is 5.73 Å². The minimum absolute atomic E-state index is 0.431. The Morgan fingerprint density at radius 3 is 2.31 bits per heavy atom. The monoisotopic (exact) mass is 221 g/mol. The molecule has 0 unspecified atom stereocenters. The van der Waals surface area contributed by atoms with Crippen LogP contribution in [0, 0.1) is 0 Å². The molecule has 16 heavy (non-hydrogen) atoms. The lowest BCUT2D eigenvalue weighted by atomic mass is 9.80. The van der Waals surface area contributed by atoms with Gasteiger partial charge in [-0.1, -0.05) is 18.6 Å². The van der Waals surface area contributed by atoms with Crippen molar-refractivity contribution in [3.63, 3.8) is 0 Å². The molecule has 0 atom stereocenters. The molecule has 0 aliphatic heterocycles. The molecule has 0 saturated heterocycles. The first-order chi connectivity index (χ1) is 7.77. The topological polar surface area (TPSA) is 52.3 Å². The first-order valence-electron chi connectivity index (χ1n) is 5.68. The largest absolute Gasteiger partial charge is 0.468 e. The zero-order chi connectivity index (χ0) is 11.8. The van der Waals surface area contributed by atoms with Crippen molar-refractivity contribution >= 4 is 12.2 Å². The molecular formula is C13H19NO2. The zero-order valence-electron chi connectivity index (χ0n) is 9.69. The van der Waals surface area contributed by atoms with Gasteiger partial charge in [0.2, 0.25) is 0 Å². The van der Waals surface area contributed by atoms with E-state index in [9.17, 15) is 4.79 Å². The molecule has 1 fully saturated rings. The van der Waals surface area contributed by atoms with Crippen molar-refractivity contribution in [2.24, 2.45) is 0 Å². The third-order valence-electron chi connectivity index (χ3n) is 2.75. The van der Waals surface area contributed by atoms with Crippen LogP contribution in [0.2, 0.25) is 0 Å². The second kappa shape index (κ2) is 6.88. The molecule has 0 spiro atoms. The number of nitrogen functional groups attached to an aromatic ring is 1. The lowest BCUT2D eigenvalue weighted by Crippen LogP contribution is -2.08. The summed E-state index contributed by atoms with van der Waals surface area (Å²) >= 11 is 0. The van der Waals surface area contributed by atoms with Crippen LogP contribution in [0.3, 0.4) is 0 Å². The summed E-state index contributed by atoms with van der Waals surface area (Å²) in [5.74, 6) is 0.829. The molecule has 1 aromatic rings. The molecule has 0 aromatic heterocycles. The second-order valence-corrected chi connectivity index (χ2v) is 3.85. The van der Waals surface area contributed by atoms with E-state index in [0.717, 1.165) is 11.6 Å². The van der Waals surface area contributed by atoms with Crippen LogP contribution in [0.25, 0.3) is 0 Å². The van der Waals surface area contributed by atoms with E-state index in [-0.39, 0.29) is 0 Å². The van der Waals surface area contributed by atoms with Crippen molar-refractivity contribution < 1.29 is 9.53 Å². The van der Waals surface area contributed by atoms with Crippen molar-refractivity contribution in [3.05, 3.63) is 29.8 Å². The smallest absolute Gasteiger partial charge is 0.293 e. The molecule has 0 heterocycles. The Bertz CT molecular complexity index is 304. The summed E-state index contributed by atoms with van der Waals surface area (Å²) in [7, 11) is 0. The first kappa shape index (κ1) is 12.6. The summed E-state index contributed by atoms with van der Waals surface area (Å²) in [6, 6.07) is 8.29. The van der Waals surface area contributed by atoms with Gasteiger partial charge in [-0.05, 0) is 43.4 Å². The maximum absolute atomic E-state index is 9.18. The number of anilines is 1. The minimum Gasteiger partial charge on any atom is -0.468 e. The highest BCUT2D eigenvalue weighted by Gasteiger charge is 2.18. The van der Waals surface area contributed by atoms with Gasteiger partial charge >= 0.3 is 0 Å². The Morgan fingerprint density at radius 1 is 1.38 bits per heavy atom. The van der Waals surface area contributed by atoms with Crippen LogP contribution in [0.4, 0.5) is 5.69 Å². The summed E-state index contributed by atoms with van der Waals surface area (Å²) in [5, 5.41) is 0. The van der Waals surface area contributed by atoms with Crippen molar-refractivity contribution in [3.8, 4) is 0 Å². The van der Waals surface area contributed by atoms with E-state index < -0.39 is 0 Å². The lowest BCUT2D eigenvalue weighted by molar-refractivity contribution is -0.128.